The third-order valence-electron chi connectivity index (χ3n) is 2.78. The van der Waals surface area contributed by atoms with Crippen LogP contribution in [-0.2, 0) is 6.54 Å². The predicted molar refractivity (Wildman–Crippen MR) is 61.4 cm³/mol. The molecule has 0 saturated carbocycles. The summed E-state index contributed by atoms with van der Waals surface area (Å²) in [5.41, 5.74) is 0.364. The molecule has 0 radical (unpaired) electrons. The van der Waals surface area contributed by atoms with E-state index in [1.807, 2.05) is 0 Å². The van der Waals surface area contributed by atoms with Crippen LogP contribution in [0.2, 0.25) is 0 Å². The summed E-state index contributed by atoms with van der Waals surface area (Å²) in [5.74, 6) is -0.313. The molecule has 0 amide bonds. The van der Waals surface area contributed by atoms with Crippen molar-refractivity contribution >= 4 is 5.97 Å². The highest BCUT2D eigenvalue weighted by atomic mass is 16.4. The molecule has 0 bridgehead atoms. The Morgan fingerprint density at radius 3 is 2.62 bits per heavy atom. The Hall–Kier alpha value is -1.29. The van der Waals surface area contributed by atoms with Gasteiger partial charge >= 0.3 is 5.97 Å². The van der Waals surface area contributed by atoms with Crippen molar-refractivity contribution in [2.24, 2.45) is 5.41 Å². The molecule has 1 aromatic rings. The Morgan fingerprint density at radius 1 is 1.56 bits per heavy atom. The molecule has 1 rings (SSSR count). The molecule has 0 spiro atoms. The molecule has 1 heterocycles. The molecule has 1 aromatic heterocycles. The Balaban J connectivity index is 2.52. The van der Waals surface area contributed by atoms with Gasteiger partial charge in [0.2, 0.25) is 0 Å². The minimum Gasteiger partial charge on any atom is -0.478 e. The molecule has 2 N–H and O–H groups in total. The normalized spacial score (nSPS) is 13.8. The van der Waals surface area contributed by atoms with Crippen LogP contribution in [0.4, 0.5) is 0 Å². The summed E-state index contributed by atoms with van der Waals surface area (Å²) in [5, 5.41) is 12.0. The van der Waals surface area contributed by atoms with E-state index in [1.54, 1.807) is 6.07 Å². The zero-order valence-electron chi connectivity index (χ0n) is 10.2. The van der Waals surface area contributed by atoms with Gasteiger partial charge < -0.3 is 14.8 Å². The second-order valence-electron chi connectivity index (χ2n) is 5.08. The Morgan fingerprint density at radius 2 is 2.19 bits per heavy atom. The van der Waals surface area contributed by atoms with Crippen LogP contribution in [0.25, 0.3) is 0 Å². The van der Waals surface area contributed by atoms with Gasteiger partial charge in [-0.25, -0.2) is 4.79 Å². The van der Waals surface area contributed by atoms with Crippen LogP contribution in [0.1, 0.15) is 43.8 Å². The third-order valence-corrected chi connectivity index (χ3v) is 2.78. The van der Waals surface area contributed by atoms with E-state index < -0.39 is 5.97 Å². The topological polar surface area (TPSA) is 62.5 Å². The molecule has 0 aliphatic rings. The van der Waals surface area contributed by atoms with Gasteiger partial charge in [0.25, 0.3) is 0 Å². The zero-order valence-corrected chi connectivity index (χ0v) is 10.2. The number of carboxylic acid groups (broad SMARTS) is 1. The summed E-state index contributed by atoms with van der Waals surface area (Å²) in [6.07, 6.45) is 1.26. The highest BCUT2D eigenvalue weighted by Gasteiger charge is 2.19. The highest BCUT2D eigenvalue weighted by molar-refractivity contribution is 5.87. The van der Waals surface area contributed by atoms with Crippen LogP contribution in [-0.4, -0.2) is 17.1 Å². The molecule has 90 valence electrons. The first-order valence-corrected chi connectivity index (χ1v) is 5.35. The van der Waals surface area contributed by atoms with Gasteiger partial charge in [0, 0.05) is 6.04 Å². The van der Waals surface area contributed by atoms with Crippen LogP contribution in [0.15, 0.2) is 16.7 Å². The van der Waals surface area contributed by atoms with Crippen LogP contribution in [0, 0.1) is 5.41 Å². The van der Waals surface area contributed by atoms with E-state index in [0.717, 1.165) is 0 Å². The van der Waals surface area contributed by atoms with E-state index in [1.165, 1.54) is 6.26 Å². The molecule has 4 nitrogen and oxygen atoms in total. The van der Waals surface area contributed by atoms with Crippen LogP contribution in [0.3, 0.4) is 0 Å². The van der Waals surface area contributed by atoms with E-state index in [-0.39, 0.29) is 11.0 Å². The summed E-state index contributed by atoms with van der Waals surface area (Å²) in [6.45, 7) is 9.09. The number of furan rings is 1. The molecule has 1 unspecified atom stereocenters. The van der Waals surface area contributed by atoms with E-state index in [0.29, 0.717) is 18.3 Å². The second-order valence-corrected chi connectivity index (χ2v) is 5.08. The van der Waals surface area contributed by atoms with Crippen molar-refractivity contribution in [1.29, 1.82) is 0 Å². The molecule has 1 atom stereocenters. The quantitative estimate of drug-likeness (QED) is 0.826. The number of carbonyl (C=O) groups is 1. The van der Waals surface area contributed by atoms with Crippen molar-refractivity contribution in [3.63, 3.8) is 0 Å². The van der Waals surface area contributed by atoms with Gasteiger partial charge in [-0.3, -0.25) is 0 Å². The first-order chi connectivity index (χ1) is 7.30. The number of nitrogens with one attached hydrogen (secondary N) is 1. The fraction of sp³-hybridized carbons (Fsp3) is 0.583. The van der Waals surface area contributed by atoms with E-state index in [9.17, 15) is 4.79 Å². The lowest BCUT2D eigenvalue weighted by Gasteiger charge is -2.27. The maximum atomic E-state index is 10.6. The lowest BCUT2D eigenvalue weighted by Crippen LogP contribution is -2.37. The molecule has 0 saturated heterocycles. The van der Waals surface area contributed by atoms with Crippen molar-refractivity contribution in [2.75, 3.05) is 0 Å². The third kappa shape index (κ3) is 3.38. The molecule has 0 fully saturated rings. The number of hydrogen-bond donors (Lipinski definition) is 2. The van der Waals surface area contributed by atoms with Crippen molar-refractivity contribution in [3.05, 3.63) is 23.7 Å². The van der Waals surface area contributed by atoms with Gasteiger partial charge in [-0.15, -0.1) is 0 Å². The van der Waals surface area contributed by atoms with Gasteiger partial charge in [-0.1, -0.05) is 20.8 Å². The molecule has 0 aliphatic heterocycles. The van der Waals surface area contributed by atoms with Crippen LogP contribution >= 0.6 is 0 Å². The average Bonchev–Trinajstić information content (AvgIpc) is 2.60. The lowest BCUT2D eigenvalue weighted by molar-refractivity contribution is 0.0696. The summed E-state index contributed by atoms with van der Waals surface area (Å²) in [7, 11) is 0. The first-order valence-electron chi connectivity index (χ1n) is 5.35. The van der Waals surface area contributed by atoms with Crippen molar-refractivity contribution in [3.8, 4) is 0 Å². The Bertz CT molecular complexity index is 363. The number of carboxylic acids is 1. The maximum absolute atomic E-state index is 10.6. The molecular weight excluding hydrogens is 206 g/mol. The maximum Gasteiger partial charge on any atom is 0.338 e. The monoisotopic (exact) mass is 225 g/mol. The van der Waals surface area contributed by atoms with Gasteiger partial charge in [-0.2, -0.15) is 0 Å². The first kappa shape index (κ1) is 12.8. The van der Waals surface area contributed by atoms with Gasteiger partial charge in [0.05, 0.1) is 12.1 Å². The average molecular weight is 225 g/mol. The van der Waals surface area contributed by atoms with Crippen molar-refractivity contribution < 1.29 is 14.3 Å². The molecule has 0 aliphatic carbocycles. The smallest absolute Gasteiger partial charge is 0.338 e. The predicted octanol–water partition coefficient (Wildman–Crippen LogP) is 2.50. The molecule has 0 aromatic carbocycles. The van der Waals surface area contributed by atoms with Crippen molar-refractivity contribution in [1.82, 2.24) is 5.32 Å². The van der Waals surface area contributed by atoms with Crippen LogP contribution in [0.5, 0.6) is 0 Å². The lowest BCUT2D eigenvalue weighted by atomic mass is 9.88. The number of aromatic carboxylic acids is 1. The second kappa shape index (κ2) is 4.70. The standard InChI is InChI=1S/C12H19NO3/c1-8(12(2,3)4)13-6-10-5-9(7-16-10)11(14)15/h5,7-8,13H,6H2,1-4H3,(H,14,15). The molecule has 4 heteroatoms. The Kier molecular flexibility index (Phi) is 3.75. The van der Waals surface area contributed by atoms with Gasteiger partial charge in [-0.05, 0) is 18.4 Å². The minimum atomic E-state index is -0.959. The summed E-state index contributed by atoms with van der Waals surface area (Å²) < 4.78 is 5.15. The molecule has 16 heavy (non-hydrogen) atoms. The summed E-state index contributed by atoms with van der Waals surface area (Å²) in [6, 6.07) is 1.87. The van der Waals surface area contributed by atoms with Gasteiger partial charge in [0.15, 0.2) is 0 Å². The fourth-order valence-electron chi connectivity index (χ4n) is 1.15. The molecular formula is C12H19NO3. The summed E-state index contributed by atoms with van der Waals surface area (Å²) in [4.78, 5) is 10.6. The van der Waals surface area contributed by atoms with Gasteiger partial charge in [0.1, 0.15) is 12.0 Å². The minimum absolute atomic E-state index is 0.169. The largest absolute Gasteiger partial charge is 0.478 e. The van der Waals surface area contributed by atoms with E-state index in [2.05, 4.69) is 33.0 Å². The van der Waals surface area contributed by atoms with Crippen molar-refractivity contribution in [2.45, 2.75) is 40.3 Å². The number of hydrogen-bond acceptors (Lipinski definition) is 3. The number of rotatable bonds is 4. The Labute approximate surface area is 95.7 Å². The zero-order chi connectivity index (χ0) is 12.3. The summed E-state index contributed by atoms with van der Waals surface area (Å²) >= 11 is 0. The highest BCUT2D eigenvalue weighted by Crippen LogP contribution is 2.19. The van der Waals surface area contributed by atoms with E-state index in [4.69, 9.17) is 9.52 Å². The van der Waals surface area contributed by atoms with E-state index >= 15 is 0 Å². The fourth-order valence-corrected chi connectivity index (χ4v) is 1.15. The van der Waals surface area contributed by atoms with Crippen LogP contribution < -0.4 is 5.32 Å². The SMILES string of the molecule is CC(NCc1cc(C(=O)O)co1)C(C)(C)C.